The van der Waals surface area contributed by atoms with E-state index in [4.69, 9.17) is 4.74 Å². The molecule has 10 heteroatoms. The highest BCUT2D eigenvalue weighted by atomic mass is 79.9. The fourth-order valence-corrected chi connectivity index (χ4v) is 3.28. The number of nitro groups is 1. The van der Waals surface area contributed by atoms with E-state index in [0.29, 0.717) is 28.8 Å². The Kier molecular flexibility index (Phi) is 6.23. The molecule has 1 N–H and O–H groups in total. The third kappa shape index (κ3) is 4.96. The topological polar surface area (TPSA) is 119 Å². The quantitative estimate of drug-likeness (QED) is 0.400. The Morgan fingerprint density at radius 1 is 1.21 bits per heavy atom. The number of nitrogens with one attached hydrogen (secondary N) is 1. The van der Waals surface area contributed by atoms with Gasteiger partial charge in [0.1, 0.15) is 0 Å². The summed E-state index contributed by atoms with van der Waals surface area (Å²) in [5.41, 5.74) is 1.16. The van der Waals surface area contributed by atoms with Crippen LogP contribution in [0, 0.1) is 10.1 Å². The van der Waals surface area contributed by atoms with Crippen LogP contribution in [0.15, 0.2) is 46.9 Å². The first kappa shape index (κ1) is 20.5. The number of hydrogen-bond acceptors (Lipinski definition) is 6. The molecule has 9 nitrogen and oxygen atoms in total. The van der Waals surface area contributed by atoms with Crippen molar-refractivity contribution in [3.8, 4) is 0 Å². The second-order valence-electron chi connectivity index (χ2n) is 6.24. The summed E-state index contributed by atoms with van der Waals surface area (Å²) in [7, 11) is 0. The molecule has 0 aliphatic carbocycles. The molecule has 29 heavy (non-hydrogen) atoms. The van der Waals surface area contributed by atoms with Crippen molar-refractivity contribution in [1.29, 1.82) is 0 Å². The number of halogens is 1. The van der Waals surface area contributed by atoms with Crippen LogP contribution in [0.4, 0.5) is 17.1 Å². The molecule has 2 amide bonds. The molecular formula is C19H16BrN3O6. The van der Waals surface area contributed by atoms with Crippen LogP contribution < -0.4 is 10.2 Å². The van der Waals surface area contributed by atoms with Gasteiger partial charge in [-0.1, -0.05) is 0 Å². The maximum atomic E-state index is 12.1. The standard InChI is InChI=1S/C19H16BrN3O6/c20-15-10-14(23(27)28)7-8-16(15)21-17(24)11-29-19(26)12-3-5-13(6-4-12)22-9-1-2-18(22)25/h3-8,10H,1-2,9,11H2,(H,21,24). The van der Waals surface area contributed by atoms with Gasteiger partial charge in [0.05, 0.1) is 16.2 Å². The highest BCUT2D eigenvalue weighted by molar-refractivity contribution is 9.10. The van der Waals surface area contributed by atoms with E-state index >= 15 is 0 Å². The van der Waals surface area contributed by atoms with Crippen molar-refractivity contribution in [2.45, 2.75) is 12.8 Å². The van der Waals surface area contributed by atoms with Crippen LogP contribution in [0.2, 0.25) is 0 Å². The summed E-state index contributed by atoms with van der Waals surface area (Å²) in [6, 6.07) is 10.3. The monoisotopic (exact) mass is 461 g/mol. The molecule has 0 radical (unpaired) electrons. The Balaban J connectivity index is 1.54. The third-order valence-corrected chi connectivity index (χ3v) is 4.92. The van der Waals surface area contributed by atoms with Crippen molar-refractivity contribution >= 4 is 50.8 Å². The zero-order valence-corrected chi connectivity index (χ0v) is 16.7. The van der Waals surface area contributed by atoms with E-state index in [1.807, 2.05) is 0 Å². The number of hydrogen-bond donors (Lipinski definition) is 1. The van der Waals surface area contributed by atoms with Crippen LogP contribution in [0.3, 0.4) is 0 Å². The normalized spacial score (nSPS) is 13.3. The van der Waals surface area contributed by atoms with Gasteiger partial charge in [-0.3, -0.25) is 19.7 Å². The molecule has 1 heterocycles. The Bertz CT molecular complexity index is 976. The van der Waals surface area contributed by atoms with Crippen LogP contribution in [0.5, 0.6) is 0 Å². The average molecular weight is 462 g/mol. The molecular weight excluding hydrogens is 446 g/mol. The summed E-state index contributed by atoms with van der Waals surface area (Å²) in [5.74, 6) is -1.22. The largest absolute Gasteiger partial charge is 0.452 e. The second-order valence-corrected chi connectivity index (χ2v) is 7.10. The van der Waals surface area contributed by atoms with Gasteiger partial charge in [0, 0.05) is 35.3 Å². The molecule has 1 aliphatic heterocycles. The minimum atomic E-state index is -0.679. The fraction of sp³-hybridized carbons (Fsp3) is 0.211. The molecule has 3 rings (SSSR count). The fourth-order valence-electron chi connectivity index (χ4n) is 2.82. The first-order valence-corrected chi connectivity index (χ1v) is 9.46. The molecule has 1 fully saturated rings. The predicted octanol–water partition coefficient (Wildman–Crippen LogP) is 3.28. The summed E-state index contributed by atoms with van der Waals surface area (Å²) in [5, 5.41) is 13.2. The number of anilines is 2. The van der Waals surface area contributed by atoms with E-state index in [2.05, 4.69) is 21.2 Å². The Labute approximate surface area is 173 Å². The Morgan fingerprint density at radius 2 is 1.93 bits per heavy atom. The maximum absolute atomic E-state index is 12.1. The lowest BCUT2D eigenvalue weighted by Gasteiger charge is -2.15. The van der Waals surface area contributed by atoms with Gasteiger partial charge < -0.3 is 15.0 Å². The number of esters is 1. The van der Waals surface area contributed by atoms with Gasteiger partial charge in [-0.2, -0.15) is 0 Å². The first-order chi connectivity index (χ1) is 13.8. The van der Waals surface area contributed by atoms with Gasteiger partial charge in [-0.25, -0.2) is 4.79 Å². The molecule has 0 spiro atoms. The van der Waals surface area contributed by atoms with Gasteiger partial charge in [-0.05, 0) is 52.7 Å². The Hall–Kier alpha value is -3.27. The van der Waals surface area contributed by atoms with Crippen molar-refractivity contribution in [2.75, 3.05) is 23.4 Å². The molecule has 0 aromatic heterocycles. The number of non-ortho nitro benzene ring substituents is 1. The van der Waals surface area contributed by atoms with Gasteiger partial charge in [0.25, 0.3) is 11.6 Å². The van der Waals surface area contributed by atoms with Crippen LogP contribution in [0.25, 0.3) is 0 Å². The number of rotatable bonds is 6. The van der Waals surface area contributed by atoms with E-state index in [1.165, 1.54) is 30.3 Å². The molecule has 2 aromatic rings. The number of ether oxygens (including phenoxy) is 1. The molecule has 2 aromatic carbocycles. The SMILES string of the molecule is O=C(COC(=O)c1ccc(N2CCCC2=O)cc1)Nc1ccc([N+](=O)[O-])cc1Br. The van der Waals surface area contributed by atoms with Crippen LogP contribution in [0.1, 0.15) is 23.2 Å². The summed E-state index contributed by atoms with van der Waals surface area (Å²) in [6.07, 6.45) is 1.33. The van der Waals surface area contributed by atoms with Gasteiger partial charge in [0.2, 0.25) is 5.91 Å². The van der Waals surface area contributed by atoms with Crippen molar-refractivity contribution in [3.63, 3.8) is 0 Å². The lowest BCUT2D eigenvalue weighted by Crippen LogP contribution is -2.23. The predicted molar refractivity (Wildman–Crippen MR) is 108 cm³/mol. The smallest absolute Gasteiger partial charge is 0.338 e. The van der Waals surface area contributed by atoms with E-state index < -0.39 is 23.4 Å². The molecule has 0 unspecified atom stereocenters. The molecule has 1 aliphatic rings. The molecule has 1 saturated heterocycles. The molecule has 150 valence electrons. The first-order valence-electron chi connectivity index (χ1n) is 8.66. The summed E-state index contributed by atoms with van der Waals surface area (Å²) < 4.78 is 5.33. The highest BCUT2D eigenvalue weighted by Crippen LogP contribution is 2.27. The number of carbonyl (C=O) groups is 3. The van der Waals surface area contributed by atoms with Crippen LogP contribution >= 0.6 is 15.9 Å². The molecule has 0 saturated carbocycles. The molecule has 0 atom stereocenters. The summed E-state index contributed by atoms with van der Waals surface area (Å²) in [6.45, 7) is 0.135. The number of carbonyl (C=O) groups excluding carboxylic acids is 3. The highest BCUT2D eigenvalue weighted by Gasteiger charge is 2.22. The minimum absolute atomic E-state index is 0.0504. The van der Waals surface area contributed by atoms with Crippen molar-refractivity contribution in [1.82, 2.24) is 0 Å². The van der Waals surface area contributed by atoms with Crippen LogP contribution in [-0.4, -0.2) is 35.9 Å². The van der Waals surface area contributed by atoms with Crippen molar-refractivity contribution < 1.29 is 24.0 Å². The van der Waals surface area contributed by atoms with E-state index in [0.717, 1.165) is 6.42 Å². The Morgan fingerprint density at radius 3 is 2.52 bits per heavy atom. The summed E-state index contributed by atoms with van der Waals surface area (Å²) >= 11 is 3.14. The number of amides is 2. The lowest BCUT2D eigenvalue weighted by molar-refractivity contribution is -0.384. The van der Waals surface area contributed by atoms with E-state index in [-0.39, 0.29) is 17.2 Å². The minimum Gasteiger partial charge on any atom is -0.452 e. The lowest BCUT2D eigenvalue weighted by atomic mass is 10.2. The number of benzene rings is 2. The number of nitrogens with zero attached hydrogens (tertiary/aromatic N) is 2. The maximum Gasteiger partial charge on any atom is 0.338 e. The zero-order chi connectivity index (χ0) is 21.0. The summed E-state index contributed by atoms with van der Waals surface area (Å²) in [4.78, 5) is 47.7. The van der Waals surface area contributed by atoms with Crippen LogP contribution in [-0.2, 0) is 14.3 Å². The second kappa shape index (κ2) is 8.82. The van der Waals surface area contributed by atoms with Crippen molar-refractivity contribution in [2.24, 2.45) is 0 Å². The zero-order valence-electron chi connectivity index (χ0n) is 15.1. The van der Waals surface area contributed by atoms with Gasteiger partial charge in [-0.15, -0.1) is 0 Å². The van der Waals surface area contributed by atoms with E-state index in [9.17, 15) is 24.5 Å². The molecule has 0 bridgehead atoms. The third-order valence-electron chi connectivity index (χ3n) is 4.26. The van der Waals surface area contributed by atoms with Crippen molar-refractivity contribution in [3.05, 3.63) is 62.6 Å². The van der Waals surface area contributed by atoms with Gasteiger partial charge >= 0.3 is 5.97 Å². The van der Waals surface area contributed by atoms with Gasteiger partial charge in [0.15, 0.2) is 6.61 Å². The number of nitro benzene ring substituents is 1. The average Bonchev–Trinajstić information content (AvgIpc) is 3.13. The van der Waals surface area contributed by atoms with E-state index in [1.54, 1.807) is 17.0 Å².